The summed E-state index contributed by atoms with van der Waals surface area (Å²) in [6.07, 6.45) is 8.51. The van der Waals surface area contributed by atoms with Gasteiger partial charge in [-0.1, -0.05) is 11.6 Å². The van der Waals surface area contributed by atoms with Crippen LogP contribution in [0.1, 0.15) is 57.1 Å². The van der Waals surface area contributed by atoms with Crippen LogP contribution in [-0.2, 0) is 4.79 Å². The summed E-state index contributed by atoms with van der Waals surface area (Å²) in [5, 5.41) is 10.7. The van der Waals surface area contributed by atoms with E-state index in [1.54, 1.807) is 6.07 Å². The highest BCUT2D eigenvalue weighted by Crippen LogP contribution is 2.39. The summed E-state index contributed by atoms with van der Waals surface area (Å²) < 4.78 is 0. The summed E-state index contributed by atoms with van der Waals surface area (Å²) in [6, 6.07) is 4.57. The lowest BCUT2D eigenvalue weighted by atomic mass is 9.81. The highest BCUT2D eigenvalue weighted by atomic mass is 35.5. The van der Waals surface area contributed by atoms with Gasteiger partial charge in [-0.3, -0.25) is 9.89 Å². The third-order valence-electron chi connectivity index (χ3n) is 6.91. The van der Waals surface area contributed by atoms with Crippen LogP contribution < -0.4 is 10.2 Å². The Labute approximate surface area is 187 Å². The second-order valence-electron chi connectivity index (χ2n) is 9.36. The predicted octanol–water partition coefficient (Wildman–Crippen LogP) is 4.05. The number of nitrogens with zero attached hydrogens (tertiary/aromatic N) is 5. The molecule has 0 spiro atoms. The zero-order valence-corrected chi connectivity index (χ0v) is 18.9. The summed E-state index contributed by atoms with van der Waals surface area (Å²) in [5.41, 5.74) is 0.967. The molecule has 31 heavy (non-hydrogen) atoms. The number of H-pyrrole nitrogens is 1. The van der Waals surface area contributed by atoms with Crippen molar-refractivity contribution in [3.8, 4) is 0 Å². The second kappa shape index (κ2) is 8.30. The van der Waals surface area contributed by atoms with Gasteiger partial charge in [-0.05, 0) is 57.8 Å². The minimum absolute atomic E-state index is 0.291. The highest BCUT2D eigenvalue weighted by molar-refractivity contribution is 6.29. The van der Waals surface area contributed by atoms with E-state index >= 15 is 0 Å². The number of carbonyl (C=O) groups is 1. The number of aromatic nitrogens is 4. The fourth-order valence-electron chi connectivity index (χ4n) is 5.15. The van der Waals surface area contributed by atoms with Gasteiger partial charge in [0.05, 0.1) is 0 Å². The number of piperidine rings is 2. The molecular weight excluding hydrogens is 414 g/mol. The molecule has 1 unspecified atom stereocenters. The van der Waals surface area contributed by atoms with E-state index in [1.807, 2.05) is 20.0 Å². The lowest BCUT2D eigenvalue weighted by molar-refractivity contribution is -0.141. The molecule has 1 amide bonds. The first-order valence-electron chi connectivity index (χ1n) is 11.3. The Morgan fingerprint density at radius 3 is 2.58 bits per heavy atom. The molecule has 2 bridgehead atoms. The summed E-state index contributed by atoms with van der Waals surface area (Å²) in [5.74, 6) is 2.92. The van der Waals surface area contributed by atoms with Gasteiger partial charge in [0.25, 0.3) is 0 Å². The second-order valence-corrected chi connectivity index (χ2v) is 9.75. The minimum Gasteiger partial charge on any atom is -0.341 e. The van der Waals surface area contributed by atoms with Gasteiger partial charge < -0.3 is 15.1 Å². The van der Waals surface area contributed by atoms with Crippen LogP contribution in [-0.4, -0.2) is 56.1 Å². The monoisotopic (exact) mass is 443 g/mol. The van der Waals surface area contributed by atoms with Crippen molar-refractivity contribution in [1.82, 2.24) is 25.1 Å². The van der Waals surface area contributed by atoms with Gasteiger partial charge >= 0.3 is 0 Å². The number of hydrogen-bond acceptors (Lipinski definition) is 6. The van der Waals surface area contributed by atoms with E-state index in [1.165, 1.54) is 19.3 Å². The third-order valence-corrected chi connectivity index (χ3v) is 7.10. The molecule has 3 atom stereocenters. The maximum atomic E-state index is 12.9. The molecule has 2 aliphatic heterocycles. The number of halogens is 1. The number of fused-ring (bicyclic) bond motifs is 2. The van der Waals surface area contributed by atoms with E-state index in [9.17, 15) is 4.79 Å². The SMILES string of the molecule is Cc1cc(Nc2cc(Cl)nc(N(C)C3C[C@H]4CCC[C@@H](C3)N4C(=O)CC3CC3)n2)n[nH]1. The van der Waals surface area contributed by atoms with Crippen LogP contribution in [0.3, 0.4) is 0 Å². The Hall–Kier alpha value is -2.35. The highest BCUT2D eigenvalue weighted by Gasteiger charge is 2.43. The van der Waals surface area contributed by atoms with E-state index in [4.69, 9.17) is 16.6 Å². The fourth-order valence-corrected chi connectivity index (χ4v) is 5.33. The number of hydrogen-bond donors (Lipinski definition) is 2. The Balaban J connectivity index is 1.31. The molecule has 1 aliphatic carbocycles. The van der Waals surface area contributed by atoms with Crippen LogP contribution in [0.2, 0.25) is 5.15 Å². The first-order chi connectivity index (χ1) is 15.0. The molecule has 1 saturated carbocycles. The molecule has 0 aromatic carbocycles. The normalized spacial score (nSPS) is 25.4. The van der Waals surface area contributed by atoms with Crippen LogP contribution in [0.5, 0.6) is 0 Å². The zero-order valence-electron chi connectivity index (χ0n) is 18.1. The molecule has 4 heterocycles. The number of carbonyl (C=O) groups excluding carboxylic acids is 1. The number of rotatable bonds is 6. The lowest BCUT2D eigenvalue weighted by Gasteiger charge is -2.50. The van der Waals surface area contributed by atoms with Crippen molar-refractivity contribution in [2.24, 2.45) is 5.92 Å². The van der Waals surface area contributed by atoms with Crippen LogP contribution in [0.4, 0.5) is 17.6 Å². The standard InChI is InChI=1S/C22H30ClN7O/c1-13-8-20(28-27-13)25-19-12-18(23)24-22(26-19)29(2)17-10-15-4-3-5-16(11-17)30(15)21(31)9-14-6-7-14/h8,12,14-17H,3-7,9-11H2,1-2H3,(H2,24,25,26,27,28)/t15-,16+,17?. The molecular formula is C22H30ClN7O. The largest absolute Gasteiger partial charge is 0.341 e. The van der Waals surface area contributed by atoms with Crippen molar-refractivity contribution in [1.29, 1.82) is 0 Å². The average molecular weight is 444 g/mol. The molecule has 2 N–H and O–H groups in total. The van der Waals surface area contributed by atoms with E-state index in [0.29, 0.717) is 52.7 Å². The van der Waals surface area contributed by atoms with Crippen molar-refractivity contribution in [3.63, 3.8) is 0 Å². The first kappa shape index (κ1) is 20.5. The Morgan fingerprint density at radius 2 is 1.94 bits per heavy atom. The Kier molecular flexibility index (Phi) is 5.50. The fraction of sp³-hybridized carbons (Fsp3) is 0.636. The molecule has 2 aromatic heterocycles. The Morgan fingerprint density at radius 1 is 1.19 bits per heavy atom. The summed E-state index contributed by atoms with van der Waals surface area (Å²) in [7, 11) is 2.04. The number of anilines is 3. The maximum Gasteiger partial charge on any atom is 0.228 e. The van der Waals surface area contributed by atoms with Crippen molar-refractivity contribution >= 4 is 35.1 Å². The van der Waals surface area contributed by atoms with Crippen LogP contribution >= 0.6 is 11.6 Å². The average Bonchev–Trinajstić information content (AvgIpc) is 3.45. The van der Waals surface area contributed by atoms with Gasteiger partial charge in [-0.25, -0.2) is 4.98 Å². The van der Waals surface area contributed by atoms with Crippen molar-refractivity contribution in [3.05, 3.63) is 23.0 Å². The van der Waals surface area contributed by atoms with E-state index in [-0.39, 0.29) is 0 Å². The zero-order chi connectivity index (χ0) is 21.5. The number of aryl methyl sites for hydroxylation is 1. The number of amides is 1. The quantitative estimate of drug-likeness (QED) is 0.654. The van der Waals surface area contributed by atoms with Crippen molar-refractivity contribution < 1.29 is 4.79 Å². The Bertz CT molecular complexity index is 945. The third kappa shape index (κ3) is 4.49. The van der Waals surface area contributed by atoms with Crippen LogP contribution in [0.15, 0.2) is 12.1 Å². The molecule has 2 saturated heterocycles. The molecule has 9 heteroatoms. The van der Waals surface area contributed by atoms with Gasteiger partial charge in [-0.15, -0.1) is 0 Å². The van der Waals surface area contributed by atoms with Gasteiger partial charge in [0.2, 0.25) is 11.9 Å². The van der Waals surface area contributed by atoms with Crippen LogP contribution in [0.25, 0.3) is 0 Å². The molecule has 5 rings (SSSR count). The topological polar surface area (TPSA) is 90.0 Å². The van der Waals surface area contributed by atoms with E-state index in [2.05, 4.69) is 30.3 Å². The van der Waals surface area contributed by atoms with E-state index < -0.39 is 0 Å². The minimum atomic E-state index is 0.291. The lowest BCUT2D eigenvalue weighted by Crippen LogP contribution is -2.58. The van der Waals surface area contributed by atoms with Crippen molar-refractivity contribution in [2.45, 2.75) is 76.4 Å². The van der Waals surface area contributed by atoms with E-state index in [0.717, 1.165) is 37.8 Å². The predicted molar refractivity (Wildman–Crippen MR) is 121 cm³/mol. The van der Waals surface area contributed by atoms with Gasteiger partial charge in [-0.2, -0.15) is 10.1 Å². The maximum absolute atomic E-state index is 12.9. The smallest absolute Gasteiger partial charge is 0.228 e. The number of nitrogens with one attached hydrogen (secondary N) is 2. The molecule has 8 nitrogen and oxygen atoms in total. The summed E-state index contributed by atoms with van der Waals surface area (Å²) in [4.78, 5) is 26.5. The van der Waals surface area contributed by atoms with Gasteiger partial charge in [0, 0.05) is 49.4 Å². The van der Waals surface area contributed by atoms with Gasteiger partial charge in [0.15, 0.2) is 5.82 Å². The molecule has 166 valence electrons. The van der Waals surface area contributed by atoms with Crippen molar-refractivity contribution in [2.75, 3.05) is 17.3 Å². The molecule has 3 fully saturated rings. The first-order valence-corrected chi connectivity index (χ1v) is 11.7. The molecule has 0 radical (unpaired) electrons. The summed E-state index contributed by atoms with van der Waals surface area (Å²) >= 11 is 6.32. The van der Waals surface area contributed by atoms with Gasteiger partial charge in [0.1, 0.15) is 11.0 Å². The summed E-state index contributed by atoms with van der Waals surface area (Å²) in [6.45, 7) is 1.95. The molecule has 2 aromatic rings. The van der Waals surface area contributed by atoms with Crippen LogP contribution in [0, 0.1) is 12.8 Å². The number of aromatic amines is 1. The molecule has 3 aliphatic rings.